The summed E-state index contributed by atoms with van der Waals surface area (Å²) < 4.78 is 5.48. The van der Waals surface area contributed by atoms with Crippen molar-refractivity contribution in [3.8, 4) is 11.5 Å². The van der Waals surface area contributed by atoms with Crippen molar-refractivity contribution >= 4 is 22.4 Å². The third kappa shape index (κ3) is 3.26. The minimum absolute atomic E-state index is 0.0462. The molecule has 116 valence electrons. The first kappa shape index (κ1) is 14.9. The van der Waals surface area contributed by atoms with Crippen molar-refractivity contribution in [1.29, 1.82) is 0 Å². The molecule has 3 rings (SSSR count). The predicted molar refractivity (Wildman–Crippen MR) is 91.2 cm³/mol. The Labute approximate surface area is 134 Å². The van der Waals surface area contributed by atoms with Gasteiger partial charge in [-0.05, 0) is 54.1 Å². The Morgan fingerprint density at radius 2 is 1.83 bits per heavy atom. The molecular formula is C19H17NO3. The summed E-state index contributed by atoms with van der Waals surface area (Å²) in [5.41, 5.74) is 0.912. The van der Waals surface area contributed by atoms with E-state index in [1.54, 1.807) is 24.3 Å². The number of phenols is 1. The lowest BCUT2D eigenvalue weighted by Gasteiger charge is -2.10. The van der Waals surface area contributed by atoms with E-state index in [1.165, 1.54) is 0 Å². The molecule has 0 unspecified atom stereocenters. The molecule has 23 heavy (non-hydrogen) atoms. The molecule has 0 aliphatic rings. The Morgan fingerprint density at radius 1 is 1.04 bits per heavy atom. The number of hydrogen-bond donors (Lipinski definition) is 2. The summed E-state index contributed by atoms with van der Waals surface area (Å²) in [6.45, 7) is 2.49. The third-order valence-corrected chi connectivity index (χ3v) is 3.51. The first-order chi connectivity index (χ1) is 11.2. The van der Waals surface area contributed by atoms with E-state index in [4.69, 9.17) is 4.74 Å². The van der Waals surface area contributed by atoms with Crippen LogP contribution in [0, 0.1) is 0 Å². The van der Waals surface area contributed by atoms with E-state index < -0.39 is 0 Å². The van der Waals surface area contributed by atoms with Crippen molar-refractivity contribution in [3.63, 3.8) is 0 Å². The van der Waals surface area contributed by atoms with Crippen molar-refractivity contribution in [2.75, 3.05) is 11.9 Å². The lowest BCUT2D eigenvalue weighted by atomic mass is 10.0. The fourth-order valence-electron chi connectivity index (χ4n) is 2.42. The Balaban J connectivity index is 1.96. The molecule has 0 saturated carbocycles. The van der Waals surface area contributed by atoms with E-state index in [-0.39, 0.29) is 17.2 Å². The Hall–Kier alpha value is -3.01. The number of rotatable bonds is 4. The zero-order chi connectivity index (χ0) is 16.2. The van der Waals surface area contributed by atoms with Crippen LogP contribution in [-0.2, 0) is 0 Å². The Morgan fingerprint density at radius 3 is 2.57 bits per heavy atom. The Bertz CT molecular complexity index is 844. The van der Waals surface area contributed by atoms with Crippen molar-refractivity contribution in [3.05, 3.63) is 66.2 Å². The fourth-order valence-corrected chi connectivity index (χ4v) is 2.42. The van der Waals surface area contributed by atoms with Gasteiger partial charge in [0, 0.05) is 5.69 Å². The maximum absolute atomic E-state index is 12.4. The molecule has 1 amide bonds. The van der Waals surface area contributed by atoms with Crippen molar-refractivity contribution in [1.82, 2.24) is 0 Å². The van der Waals surface area contributed by atoms with Gasteiger partial charge in [0.1, 0.15) is 11.5 Å². The van der Waals surface area contributed by atoms with Crippen LogP contribution in [0.5, 0.6) is 11.5 Å². The van der Waals surface area contributed by atoms with Crippen molar-refractivity contribution in [2.24, 2.45) is 0 Å². The molecule has 4 heteroatoms. The molecule has 0 aromatic heterocycles. The van der Waals surface area contributed by atoms with Crippen LogP contribution in [0.25, 0.3) is 10.8 Å². The highest BCUT2D eigenvalue weighted by atomic mass is 16.5. The van der Waals surface area contributed by atoms with Gasteiger partial charge in [-0.2, -0.15) is 0 Å². The average molecular weight is 307 g/mol. The molecule has 0 fully saturated rings. The molecule has 0 bridgehead atoms. The molecule has 0 radical (unpaired) electrons. The first-order valence-electron chi connectivity index (χ1n) is 7.43. The van der Waals surface area contributed by atoms with Gasteiger partial charge in [0.15, 0.2) is 0 Å². The van der Waals surface area contributed by atoms with Gasteiger partial charge >= 0.3 is 0 Å². The smallest absolute Gasteiger partial charge is 0.259 e. The summed E-state index contributed by atoms with van der Waals surface area (Å²) in [6.07, 6.45) is 0. The van der Waals surface area contributed by atoms with Gasteiger partial charge in [-0.3, -0.25) is 4.79 Å². The normalized spacial score (nSPS) is 10.5. The largest absolute Gasteiger partial charge is 0.507 e. The second-order valence-corrected chi connectivity index (χ2v) is 5.13. The molecule has 0 aliphatic heterocycles. The molecule has 0 aliphatic carbocycles. The topological polar surface area (TPSA) is 58.6 Å². The third-order valence-electron chi connectivity index (χ3n) is 3.51. The Kier molecular flexibility index (Phi) is 4.15. The van der Waals surface area contributed by atoms with Crippen LogP contribution >= 0.6 is 0 Å². The summed E-state index contributed by atoms with van der Waals surface area (Å²) in [7, 11) is 0. The average Bonchev–Trinajstić information content (AvgIpc) is 2.55. The number of amides is 1. The summed E-state index contributed by atoms with van der Waals surface area (Å²) in [5, 5.41) is 14.6. The van der Waals surface area contributed by atoms with Crippen LogP contribution < -0.4 is 10.1 Å². The number of ether oxygens (including phenoxy) is 1. The van der Waals surface area contributed by atoms with Gasteiger partial charge in [-0.15, -0.1) is 0 Å². The number of carbonyl (C=O) groups is 1. The SMILES string of the molecule is CCOc1ccc2cc(O)c(C(=O)Nc3ccccc3)cc2c1. The monoisotopic (exact) mass is 307 g/mol. The maximum atomic E-state index is 12.4. The highest BCUT2D eigenvalue weighted by Crippen LogP contribution is 2.28. The van der Waals surface area contributed by atoms with Crippen LogP contribution in [-0.4, -0.2) is 17.6 Å². The summed E-state index contributed by atoms with van der Waals surface area (Å²) in [6, 6.07) is 18.0. The molecule has 0 saturated heterocycles. The molecule has 4 nitrogen and oxygen atoms in total. The summed E-state index contributed by atoms with van der Waals surface area (Å²) in [4.78, 5) is 12.4. The van der Waals surface area contributed by atoms with Gasteiger partial charge in [-0.1, -0.05) is 24.3 Å². The van der Waals surface area contributed by atoms with Gasteiger partial charge in [-0.25, -0.2) is 0 Å². The fraction of sp³-hybridized carbons (Fsp3) is 0.105. The molecule has 0 atom stereocenters. The van der Waals surface area contributed by atoms with E-state index in [0.717, 1.165) is 16.5 Å². The molecule has 0 heterocycles. The van der Waals surface area contributed by atoms with Crippen LogP contribution in [0.1, 0.15) is 17.3 Å². The second-order valence-electron chi connectivity index (χ2n) is 5.13. The number of aromatic hydroxyl groups is 1. The van der Waals surface area contributed by atoms with Gasteiger partial charge < -0.3 is 15.2 Å². The quantitative estimate of drug-likeness (QED) is 0.759. The zero-order valence-corrected chi connectivity index (χ0v) is 12.7. The minimum atomic E-state index is -0.350. The van der Waals surface area contributed by atoms with Crippen LogP contribution in [0.4, 0.5) is 5.69 Å². The van der Waals surface area contributed by atoms with Crippen LogP contribution in [0.2, 0.25) is 0 Å². The van der Waals surface area contributed by atoms with Crippen molar-refractivity contribution in [2.45, 2.75) is 6.92 Å². The predicted octanol–water partition coefficient (Wildman–Crippen LogP) is 4.20. The molecule has 3 aromatic carbocycles. The van der Waals surface area contributed by atoms with E-state index in [0.29, 0.717) is 12.3 Å². The number of carbonyl (C=O) groups excluding carboxylic acids is 1. The summed E-state index contributed by atoms with van der Waals surface area (Å²) >= 11 is 0. The van der Waals surface area contributed by atoms with Crippen LogP contribution in [0.3, 0.4) is 0 Å². The standard InChI is InChI=1S/C19H17NO3/c1-2-23-16-9-8-13-12-18(21)17(11-14(13)10-16)19(22)20-15-6-4-3-5-7-15/h3-12,21H,2H2,1H3,(H,20,22). The number of nitrogens with one attached hydrogen (secondary N) is 1. The van der Waals surface area contributed by atoms with E-state index in [2.05, 4.69) is 5.32 Å². The van der Waals surface area contributed by atoms with Gasteiger partial charge in [0.25, 0.3) is 5.91 Å². The lowest BCUT2D eigenvalue weighted by molar-refractivity contribution is 0.102. The second kappa shape index (κ2) is 6.40. The summed E-state index contributed by atoms with van der Waals surface area (Å²) in [5.74, 6) is 0.340. The van der Waals surface area contributed by atoms with E-state index in [1.807, 2.05) is 43.3 Å². The number of para-hydroxylation sites is 1. The number of hydrogen-bond acceptors (Lipinski definition) is 3. The van der Waals surface area contributed by atoms with Crippen LogP contribution in [0.15, 0.2) is 60.7 Å². The molecular weight excluding hydrogens is 290 g/mol. The minimum Gasteiger partial charge on any atom is -0.507 e. The first-order valence-corrected chi connectivity index (χ1v) is 7.43. The highest BCUT2D eigenvalue weighted by molar-refractivity contribution is 6.08. The highest BCUT2D eigenvalue weighted by Gasteiger charge is 2.13. The number of benzene rings is 3. The van der Waals surface area contributed by atoms with Crippen molar-refractivity contribution < 1.29 is 14.6 Å². The van der Waals surface area contributed by atoms with E-state index in [9.17, 15) is 9.90 Å². The molecule has 3 aromatic rings. The molecule has 2 N–H and O–H groups in total. The number of anilines is 1. The zero-order valence-electron chi connectivity index (χ0n) is 12.7. The van der Waals surface area contributed by atoms with E-state index >= 15 is 0 Å². The maximum Gasteiger partial charge on any atom is 0.259 e. The number of fused-ring (bicyclic) bond motifs is 1. The molecule has 0 spiro atoms. The van der Waals surface area contributed by atoms with Gasteiger partial charge in [0.05, 0.1) is 12.2 Å². The lowest BCUT2D eigenvalue weighted by Crippen LogP contribution is -2.12. The van der Waals surface area contributed by atoms with Gasteiger partial charge in [0.2, 0.25) is 0 Å². The number of phenolic OH excluding ortho intramolecular Hbond substituents is 1.